The second-order valence-electron chi connectivity index (χ2n) is 4.14. The van der Waals surface area contributed by atoms with Gasteiger partial charge < -0.3 is 4.74 Å². The average molecular weight is 240 g/mol. The maximum atomic E-state index is 12.0. The fourth-order valence-corrected chi connectivity index (χ4v) is 2.10. The molecule has 0 spiro atoms. The lowest BCUT2D eigenvalue weighted by molar-refractivity contribution is -0.143. The fourth-order valence-electron chi connectivity index (χ4n) is 2.10. The normalized spacial score (nSPS) is 16.3. The summed E-state index contributed by atoms with van der Waals surface area (Å²) in [5, 5.41) is 0. The van der Waals surface area contributed by atoms with Gasteiger partial charge in [-0.05, 0) is 5.56 Å². The van der Waals surface area contributed by atoms with Crippen molar-refractivity contribution in [2.75, 3.05) is 7.11 Å². The molecule has 0 N–H and O–H groups in total. The molecule has 1 atom stereocenters. The molecule has 2 rings (SSSR count). The molecule has 0 saturated carbocycles. The van der Waals surface area contributed by atoms with Crippen molar-refractivity contribution >= 4 is 5.97 Å². The van der Waals surface area contributed by atoms with Crippen LogP contribution in [0.25, 0.3) is 0 Å². The topological polar surface area (TPSA) is 26.3 Å². The number of rotatable bonds is 3. The van der Waals surface area contributed by atoms with Crippen LogP contribution in [0.2, 0.25) is 0 Å². The highest BCUT2D eigenvalue weighted by molar-refractivity contribution is 5.79. The summed E-state index contributed by atoms with van der Waals surface area (Å²) in [5.41, 5.74) is 0.977. The molecule has 0 radical (unpaired) electrons. The van der Waals surface area contributed by atoms with Gasteiger partial charge in [-0.25, -0.2) is 0 Å². The minimum atomic E-state index is -0.288. The van der Waals surface area contributed by atoms with Crippen LogP contribution in [-0.4, -0.2) is 13.1 Å². The Morgan fingerprint density at radius 1 is 1.06 bits per heavy atom. The van der Waals surface area contributed by atoms with Crippen LogP contribution in [0.5, 0.6) is 0 Å². The first kappa shape index (κ1) is 12.4. The van der Waals surface area contributed by atoms with E-state index in [-0.39, 0.29) is 17.8 Å². The SMILES string of the molecule is COC(=O)[C@H](c1ccccc1)C1C=CC=CC=C1. The summed E-state index contributed by atoms with van der Waals surface area (Å²) in [5.74, 6) is -0.471. The van der Waals surface area contributed by atoms with Gasteiger partial charge in [0, 0.05) is 5.92 Å². The molecule has 0 aromatic heterocycles. The van der Waals surface area contributed by atoms with Crippen molar-refractivity contribution < 1.29 is 9.53 Å². The molecule has 1 aliphatic carbocycles. The Labute approximate surface area is 107 Å². The Kier molecular flexibility index (Phi) is 4.13. The summed E-state index contributed by atoms with van der Waals surface area (Å²) in [6, 6.07) is 9.74. The Morgan fingerprint density at radius 3 is 2.22 bits per heavy atom. The van der Waals surface area contributed by atoms with Gasteiger partial charge in [0.15, 0.2) is 0 Å². The van der Waals surface area contributed by atoms with E-state index >= 15 is 0 Å². The fraction of sp³-hybridized carbons (Fsp3) is 0.188. The van der Waals surface area contributed by atoms with Gasteiger partial charge in [-0.3, -0.25) is 4.79 Å². The third-order valence-electron chi connectivity index (χ3n) is 3.00. The molecule has 0 aliphatic heterocycles. The number of carbonyl (C=O) groups is 1. The van der Waals surface area contributed by atoms with Crippen LogP contribution in [0.15, 0.2) is 66.8 Å². The molecule has 2 nitrogen and oxygen atoms in total. The maximum absolute atomic E-state index is 12.0. The number of hydrogen-bond donors (Lipinski definition) is 0. The molecule has 92 valence electrons. The standard InChI is InChI=1S/C16H16O2/c1-18-16(17)15(14-11-7-4-8-12-14)13-9-5-2-3-6-10-13/h2-13,15H,1H3/t15-/m0/s1. The predicted octanol–water partition coefficient (Wildman–Crippen LogP) is 3.24. The summed E-state index contributed by atoms with van der Waals surface area (Å²) in [7, 11) is 1.43. The van der Waals surface area contributed by atoms with Gasteiger partial charge in [0.25, 0.3) is 0 Å². The zero-order valence-corrected chi connectivity index (χ0v) is 10.3. The molecular formula is C16H16O2. The summed E-state index contributed by atoms with van der Waals surface area (Å²) in [6.07, 6.45) is 11.9. The van der Waals surface area contributed by atoms with Gasteiger partial charge in [-0.15, -0.1) is 0 Å². The van der Waals surface area contributed by atoms with Crippen LogP contribution in [0, 0.1) is 5.92 Å². The summed E-state index contributed by atoms with van der Waals surface area (Å²) < 4.78 is 4.93. The number of methoxy groups -OCH3 is 1. The Hall–Kier alpha value is -2.09. The van der Waals surface area contributed by atoms with E-state index in [1.165, 1.54) is 7.11 Å². The van der Waals surface area contributed by atoms with Crippen LogP contribution in [-0.2, 0) is 9.53 Å². The first-order valence-electron chi connectivity index (χ1n) is 5.97. The number of ether oxygens (including phenoxy) is 1. The van der Waals surface area contributed by atoms with Crippen molar-refractivity contribution in [2.24, 2.45) is 5.92 Å². The lowest BCUT2D eigenvalue weighted by Crippen LogP contribution is -2.20. The zero-order valence-electron chi connectivity index (χ0n) is 10.3. The molecule has 0 amide bonds. The Balaban J connectivity index is 2.34. The van der Waals surface area contributed by atoms with Gasteiger partial charge in [0.1, 0.15) is 0 Å². The minimum absolute atomic E-state index is 0.0230. The van der Waals surface area contributed by atoms with Crippen LogP contribution < -0.4 is 0 Å². The number of carbonyl (C=O) groups excluding carboxylic acids is 1. The van der Waals surface area contributed by atoms with E-state index in [1.54, 1.807) is 0 Å². The molecule has 0 unspecified atom stereocenters. The molecule has 1 aliphatic rings. The molecule has 1 aromatic carbocycles. The molecule has 0 fully saturated rings. The molecule has 0 bridgehead atoms. The Bertz CT molecular complexity index is 467. The number of hydrogen-bond acceptors (Lipinski definition) is 2. The molecule has 0 saturated heterocycles. The van der Waals surface area contributed by atoms with E-state index in [4.69, 9.17) is 4.74 Å². The van der Waals surface area contributed by atoms with Gasteiger partial charge >= 0.3 is 5.97 Å². The Morgan fingerprint density at radius 2 is 1.67 bits per heavy atom. The molecule has 2 heteroatoms. The minimum Gasteiger partial charge on any atom is -0.469 e. The first-order valence-corrected chi connectivity index (χ1v) is 5.97. The third-order valence-corrected chi connectivity index (χ3v) is 3.00. The van der Waals surface area contributed by atoms with Crippen molar-refractivity contribution in [3.05, 3.63) is 72.4 Å². The molecule has 1 aromatic rings. The first-order chi connectivity index (χ1) is 8.83. The van der Waals surface area contributed by atoms with Crippen LogP contribution in [0.4, 0.5) is 0 Å². The van der Waals surface area contributed by atoms with Crippen molar-refractivity contribution in [3.8, 4) is 0 Å². The van der Waals surface area contributed by atoms with Crippen LogP contribution in [0.1, 0.15) is 11.5 Å². The van der Waals surface area contributed by atoms with Gasteiger partial charge in [-0.1, -0.05) is 66.8 Å². The van der Waals surface area contributed by atoms with Gasteiger partial charge in [0.2, 0.25) is 0 Å². The zero-order chi connectivity index (χ0) is 12.8. The molecular weight excluding hydrogens is 224 g/mol. The lowest BCUT2D eigenvalue weighted by atomic mass is 9.85. The summed E-state index contributed by atoms with van der Waals surface area (Å²) >= 11 is 0. The number of benzene rings is 1. The second-order valence-corrected chi connectivity index (χ2v) is 4.14. The molecule has 18 heavy (non-hydrogen) atoms. The number of esters is 1. The van der Waals surface area contributed by atoms with E-state index in [0.717, 1.165) is 5.56 Å². The molecule has 0 heterocycles. The second kappa shape index (κ2) is 6.01. The van der Waals surface area contributed by atoms with E-state index in [1.807, 2.05) is 66.8 Å². The third kappa shape index (κ3) is 2.77. The predicted molar refractivity (Wildman–Crippen MR) is 72.1 cm³/mol. The summed E-state index contributed by atoms with van der Waals surface area (Å²) in [4.78, 5) is 12.0. The van der Waals surface area contributed by atoms with E-state index in [9.17, 15) is 4.79 Å². The van der Waals surface area contributed by atoms with Crippen molar-refractivity contribution in [2.45, 2.75) is 5.92 Å². The van der Waals surface area contributed by atoms with Gasteiger partial charge in [0.05, 0.1) is 13.0 Å². The number of allylic oxidation sites excluding steroid dienone is 6. The lowest BCUT2D eigenvalue weighted by Gasteiger charge is -2.20. The van der Waals surface area contributed by atoms with Crippen molar-refractivity contribution in [3.63, 3.8) is 0 Å². The van der Waals surface area contributed by atoms with Gasteiger partial charge in [-0.2, -0.15) is 0 Å². The highest BCUT2D eigenvalue weighted by atomic mass is 16.5. The smallest absolute Gasteiger partial charge is 0.314 e. The van der Waals surface area contributed by atoms with E-state index < -0.39 is 0 Å². The van der Waals surface area contributed by atoms with Crippen LogP contribution in [0.3, 0.4) is 0 Å². The van der Waals surface area contributed by atoms with E-state index in [2.05, 4.69) is 0 Å². The average Bonchev–Trinajstić information content (AvgIpc) is 2.69. The summed E-state index contributed by atoms with van der Waals surface area (Å²) in [6.45, 7) is 0. The quantitative estimate of drug-likeness (QED) is 0.758. The monoisotopic (exact) mass is 240 g/mol. The maximum Gasteiger partial charge on any atom is 0.314 e. The highest BCUT2D eigenvalue weighted by Crippen LogP contribution is 2.29. The highest BCUT2D eigenvalue weighted by Gasteiger charge is 2.27. The largest absolute Gasteiger partial charge is 0.469 e. The van der Waals surface area contributed by atoms with Crippen molar-refractivity contribution in [1.82, 2.24) is 0 Å². The van der Waals surface area contributed by atoms with Crippen molar-refractivity contribution in [1.29, 1.82) is 0 Å². The van der Waals surface area contributed by atoms with E-state index in [0.29, 0.717) is 0 Å². The van der Waals surface area contributed by atoms with Crippen LogP contribution >= 0.6 is 0 Å².